The molecule has 0 atom stereocenters. The zero-order valence-corrected chi connectivity index (χ0v) is 28.7. The molecule has 2 aromatic rings. The number of rotatable bonds is 11. The molecule has 1 saturated heterocycles. The molecule has 45 heavy (non-hydrogen) atoms. The van der Waals surface area contributed by atoms with Crippen molar-refractivity contribution >= 4 is 28.0 Å². The van der Waals surface area contributed by atoms with Crippen LogP contribution in [0.1, 0.15) is 101 Å². The van der Waals surface area contributed by atoms with Crippen molar-refractivity contribution < 1.29 is 27.5 Å². The molecule has 0 bridgehead atoms. The van der Waals surface area contributed by atoms with Crippen LogP contribution in [0, 0.1) is 5.41 Å². The lowest BCUT2D eigenvalue weighted by Gasteiger charge is -2.37. The van der Waals surface area contributed by atoms with Crippen molar-refractivity contribution in [3.63, 3.8) is 0 Å². The highest BCUT2D eigenvalue weighted by molar-refractivity contribution is 7.89. The quantitative estimate of drug-likeness (QED) is 0.174. The molecule has 0 unspecified atom stereocenters. The number of carbonyl (C=O) groups excluding carboxylic acids is 2. The van der Waals surface area contributed by atoms with Gasteiger partial charge in [-0.2, -0.15) is 8.42 Å². The van der Waals surface area contributed by atoms with E-state index < -0.39 is 22.1 Å². The van der Waals surface area contributed by atoms with Crippen molar-refractivity contribution in [1.29, 1.82) is 5.41 Å². The van der Waals surface area contributed by atoms with Crippen LogP contribution in [0.5, 0.6) is 0 Å². The summed E-state index contributed by atoms with van der Waals surface area (Å²) in [7, 11) is -4.43. The van der Waals surface area contributed by atoms with Crippen molar-refractivity contribution in [2.24, 2.45) is 0 Å². The van der Waals surface area contributed by atoms with Gasteiger partial charge in [0.2, 0.25) is 5.90 Å². The van der Waals surface area contributed by atoms with Crippen LogP contribution in [-0.2, 0) is 26.0 Å². The number of nitrogens with one attached hydrogen (secondary N) is 2. The Morgan fingerprint density at radius 2 is 1.42 bits per heavy atom. The summed E-state index contributed by atoms with van der Waals surface area (Å²) in [5.41, 5.74) is 6.49. The van der Waals surface area contributed by atoms with Crippen LogP contribution in [0.3, 0.4) is 0 Å². The molecule has 0 saturated carbocycles. The summed E-state index contributed by atoms with van der Waals surface area (Å²) in [6.07, 6.45) is -0.460. The van der Waals surface area contributed by atoms with Crippen LogP contribution >= 0.6 is 0 Å². The number of sulfonamides is 1. The lowest BCUT2D eigenvalue weighted by atomic mass is 9.89. The van der Waals surface area contributed by atoms with Crippen LogP contribution in [-0.4, -0.2) is 80.0 Å². The van der Waals surface area contributed by atoms with E-state index in [1.165, 1.54) is 9.80 Å². The fourth-order valence-corrected chi connectivity index (χ4v) is 7.09. The van der Waals surface area contributed by atoms with Gasteiger partial charge >= 0.3 is 12.1 Å². The number of hydrogen-bond acceptors (Lipinski definition) is 8. The molecule has 1 aliphatic rings. The lowest BCUT2D eigenvalue weighted by molar-refractivity contribution is 0.0806. The van der Waals surface area contributed by atoms with Gasteiger partial charge in [-0.1, -0.05) is 65.8 Å². The Hall–Kier alpha value is -3.64. The van der Waals surface area contributed by atoms with E-state index in [4.69, 9.17) is 14.9 Å². The average molecular weight is 644 g/mol. The standard InChI is InChI=1S/C33H49N5O6S/c1-9-43-31(34)26-13-11-12-25(18-26)21-35-38(32(39)36-14-16-37(17-15-36)33(40)44-10-2)45(41,42)30-28(23(5)6)19-27(22(3)4)20-29(30)24(7)8/h11-13,18-20,22-24,34-35H,9-10,14-17,21H2,1-8H3. The van der Waals surface area contributed by atoms with Crippen LogP contribution in [0.15, 0.2) is 41.3 Å². The molecule has 3 rings (SSSR count). The van der Waals surface area contributed by atoms with Crippen LogP contribution in [0.25, 0.3) is 0 Å². The topological polar surface area (TPSA) is 132 Å². The van der Waals surface area contributed by atoms with E-state index in [9.17, 15) is 18.0 Å². The van der Waals surface area contributed by atoms with Gasteiger partial charge in [0.05, 0.1) is 18.1 Å². The van der Waals surface area contributed by atoms with E-state index in [2.05, 4.69) is 19.3 Å². The van der Waals surface area contributed by atoms with Gasteiger partial charge in [-0.25, -0.2) is 15.0 Å². The Bertz CT molecular complexity index is 1440. The maximum absolute atomic E-state index is 14.8. The first kappa shape index (κ1) is 35.8. The van der Waals surface area contributed by atoms with Crippen LogP contribution < -0.4 is 5.43 Å². The van der Waals surface area contributed by atoms with Crippen molar-refractivity contribution in [2.45, 2.75) is 84.6 Å². The normalized spacial score (nSPS) is 13.8. The number of amides is 3. The zero-order valence-electron chi connectivity index (χ0n) is 27.8. The lowest BCUT2D eigenvalue weighted by Crippen LogP contribution is -2.58. The Balaban J connectivity index is 2.08. The number of carbonyl (C=O) groups is 2. The maximum atomic E-state index is 14.8. The third-order valence-corrected chi connectivity index (χ3v) is 9.49. The molecule has 248 valence electrons. The largest absolute Gasteiger partial charge is 0.478 e. The number of benzene rings is 2. The zero-order chi connectivity index (χ0) is 33.5. The van der Waals surface area contributed by atoms with Crippen molar-refractivity contribution in [3.8, 4) is 0 Å². The molecule has 2 aromatic carbocycles. The summed E-state index contributed by atoms with van der Waals surface area (Å²) in [4.78, 5) is 29.5. The molecule has 1 heterocycles. The van der Waals surface area contributed by atoms with Gasteiger partial charge in [-0.15, -0.1) is 4.41 Å². The summed E-state index contributed by atoms with van der Waals surface area (Å²) >= 11 is 0. The minimum absolute atomic E-state index is 0.000886. The second kappa shape index (κ2) is 15.6. The summed E-state index contributed by atoms with van der Waals surface area (Å²) in [5, 5.41) is 8.16. The number of hydrogen-bond donors (Lipinski definition) is 2. The highest BCUT2D eigenvalue weighted by atomic mass is 32.2. The Kier molecular flexibility index (Phi) is 12.4. The second-order valence-corrected chi connectivity index (χ2v) is 13.7. The number of urea groups is 1. The number of nitrogens with zero attached hydrogens (tertiary/aromatic N) is 3. The fraction of sp³-hybridized carbons (Fsp3) is 0.545. The first-order valence-electron chi connectivity index (χ1n) is 15.7. The van der Waals surface area contributed by atoms with Crippen molar-refractivity contribution in [1.82, 2.24) is 19.6 Å². The highest BCUT2D eigenvalue weighted by Gasteiger charge is 2.38. The number of ether oxygens (including phenoxy) is 2. The molecule has 0 spiro atoms. The molecule has 11 nitrogen and oxygen atoms in total. The van der Waals surface area contributed by atoms with E-state index in [1.807, 2.05) is 39.8 Å². The second-order valence-electron chi connectivity index (χ2n) is 12.0. The first-order valence-corrected chi connectivity index (χ1v) is 17.1. The molecule has 12 heteroatoms. The summed E-state index contributed by atoms with van der Waals surface area (Å²) in [5.74, 6) is -0.0617. The molecule has 3 amide bonds. The Morgan fingerprint density at radius 3 is 1.93 bits per heavy atom. The van der Waals surface area contributed by atoms with Gasteiger partial charge in [0.1, 0.15) is 0 Å². The molecular weight excluding hydrogens is 594 g/mol. The Morgan fingerprint density at radius 1 is 0.867 bits per heavy atom. The predicted octanol–water partition coefficient (Wildman–Crippen LogP) is 6.01. The molecular formula is C33H49N5O6S. The first-order chi connectivity index (χ1) is 21.2. The Labute approximate surface area is 268 Å². The monoisotopic (exact) mass is 643 g/mol. The predicted molar refractivity (Wildman–Crippen MR) is 175 cm³/mol. The molecule has 0 radical (unpaired) electrons. The van der Waals surface area contributed by atoms with Crippen molar-refractivity contribution in [2.75, 3.05) is 39.4 Å². The summed E-state index contributed by atoms with van der Waals surface area (Å²) in [6, 6.07) is 10.2. The van der Waals surface area contributed by atoms with Gasteiger partial charge in [0.25, 0.3) is 10.0 Å². The smallest absolute Gasteiger partial charge is 0.409 e. The van der Waals surface area contributed by atoms with Gasteiger partial charge < -0.3 is 19.3 Å². The van der Waals surface area contributed by atoms with Crippen LogP contribution in [0.2, 0.25) is 0 Å². The third kappa shape index (κ3) is 8.55. The third-order valence-electron chi connectivity index (χ3n) is 7.73. The maximum Gasteiger partial charge on any atom is 0.409 e. The van der Waals surface area contributed by atoms with Crippen molar-refractivity contribution in [3.05, 3.63) is 64.2 Å². The van der Waals surface area contributed by atoms with E-state index in [0.29, 0.717) is 28.9 Å². The van der Waals surface area contributed by atoms with E-state index in [-0.39, 0.29) is 67.9 Å². The number of hydrazine groups is 1. The molecule has 1 aliphatic heterocycles. The minimum atomic E-state index is -4.43. The highest BCUT2D eigenvalue weighted by Crippen LogP contribution is 2.36. The van der Waals surface area contributed by atoms with Gasteiger partial charge in [0.15, 0.2) is 0 Å². The average Bonchev–Trinajstić information content (AvgIpc) is 3.00. The van der Waals surface area contributed by atoms with E-state index in [0.717, 1.165) is 9.98 Å². The molecule has 2 N–H and O–H groups in total. The van der Waals surface area contributed by atoms with E-state index in [1.54, 1.807) is 38.1 Å². The van der Waals surface area contributed by atoms with Crippen LogP contribution in [0.4, 0.5) is 9.59 Å². The fourth-order valence-electron chi connectivity index (χ4n) is 5.17. The molecule has 0 aromatic heterocycles. The van der Waals surface area contributed by atoms with Gasteiger partial charge in [0, 0.05) is 38.3 Å². The SMILES string of the molecule is CCOC(=N)c1cccc(CNN(C(=O)N2CCN(C(=O)OCC)CC2)S(=O)(=O)c2c(C(C)C)cc(C(C)C)cc2C(C)C)c1. The summed E-state index contributed by atoms with van der Waals surface area (Å²) < 4.78 is 40.7. The van der Waals surface area contributed by atoms with Gasteiger partial charge in [-0.3, -0.25) is 5.41 Å². The summed E-state index contributed by atoms with van der Waals surface area (Å²) in [6.45, 7) is 16.8. The molecule has 0 aliphatic carbocycles. The minimum Gasteiger partial charge on any atom is -0.478 e. The van der Waals surface area contributed by atoms with Gasteiger partial charge in [-0.05, 0) is 66.0 Å². The van der Waals surface area contributed by atoms with E-state index >= 15 is 0 Å². The number of piperazine rings is 1. The molecule has 1 fully saturated rings.